The zero-order valence-corrected chi connectivity index (χ0v) is 13.6. The predicted molar refractivity (Wildman–Crippen MR) is 91.0 cm³/mol. The van der Waals surface area contributed by atoms with E-state index in [1.165, 1.54) is 37.7 Å². The van der Waals surface area contributed by atoms with Crippen molar-refractivity contribution >= 4 is 6.21 Å². The van der Waals surface area contributed by atoms with Gasteiger partial charge in [0.05, 0.1) is 6.21 Å². The van der Waals surface area contributed by atoms with Crippen LogP contribution in [0.25, 0.3) is 0 Å². The molecule has 0 radical (unpaired) electrons. The smallest absolute Gasteiger partial charge is 0.145 e. The summed E-state index contributed by atoms with van der Waals surface area (Å²) in [4.78, 5) is 5.16. The molecular weight excluding hydrogens is 308 g/mol. The fourth-order valence-electron chi connectivity index (χ4n) is 3.27. The Labute approximate surface area is 141 Å². The minimum atomic E-state index is -0.491. The van der Waals surface area contributed by atoms with Gasteiger partial charge in [0.25, 0.3) is 0 Å². The van der Waals surface area contributed by atoms with Crippen LogP contribution in [0.3, 0.4) is 0 Å². The predicted octanol–water partition coefficient (Wildman–Crippen LogP) is 5.56. The van der Waals surface area contributed by atoms with Gasteiger partial charge in [-0.15, -0.1) is 0 Å². The number of benzene rings is 2. The minimum absolute atomic E-state index is 0.0916. The van der Waals surface area contributed by atoms with Gasteiger partial charge < -0.3 is 4.84 Å². The van der Waals surface area contributed by atoms with Crippen LogP contribution < -0.4 is 0 Å². The van der Waals surface area contributed by atoms with Gasteiger partial charge in [-0.25, -0.2) is 8.78 Å². The molecule has 4 heteroatoms. The van der Waals surface area contributed by atoms with Crippen LogP contribution in [0.15, 0.2) is 47.6 Å². The first-order chi connectivity index (χ1) is 11.7. The van der Waals surface area contributed by atoms with Crippen molar-refractivity contribution in [2.45, 2.75) is 44.6 Å². The van der Waals surface area contributed by atoms with Crippen LogP contribution >= 0.6 is 0 Å². The van der Waals surface area contributed by atoms with E-state index in [1.54, 1.807) is 6.21 Å². The summed E-state index contributed by atoms with van der Waals surface area (Å²) in [5.74, 6) is -0.405. The third-order valence-electron chi connectivity index (χ3n) is 4.54. The topological polar surface area (TPSA) is 21.6 Å². The van der Waals surface area contributed by atoms with Crippen molar-refractivity contribution < 1.29 is 13.6 Å². The summed E-state index contributed by atoms with van der Waals surface area (Å²) in [5, 5.41) is 3.95. The number of hydrogen-bond donors (Lipinski definition) is 0. The lowest BCUT2D eigenvalue weighted by Crippen LogP contribution is -2.07. The third-order valence-corrected chi connectivity index (χ3v) is 4.54. The average Bonchev–Trinajstić information content (AvgIpc) is 2.62. The summed E-state index contributed by atoms with van der Waals surface area (Å²) in [6.07, 6.45) is 7.94. The van der Waals surface area contributed by atoms with E-state index in [9.17, 15) is 8.78 Å². The van der Waals surface area contributed by atoms with Crippen molar-refractivity contribution in [1.82, 2.24) is 0 Å². The summed E-state index contributed by atoms with van der Waals surface area (Å²) < 4.78 is 26.6. The number of oxime groups is 1. The Balaban J connectivity index is 1.65. The Morgan fingerprint density at radius 2 is 1.83 bits per heavy atom. The van der Waals surface area contributed by atoms with Crippen LogP contribution in [0.5, 0.6) is 0 Å². The van der Waals surface area contributed by atoms with E-state index in [1.807, 2.05) is 18.2 Å². The van der Waals surface area contributed by atoms with E-state index in [0.717, 1.165) is 23.8 Å². The third kappa shape index (κ3) is 4.19. The van der Waals surface area contributed by atoms with Crippen molar-refractivity contribution in [2.24, 2.45) is 5.16 Å². The molecule has 3 rings (SSSR count). The van der Waals surface area contributed by atoms with Crippen LogP contribution in [-0.2, 0) is 11.4 Å². The Bertz CT molecular complexity index is 709. The first-order valence-electron chi connectivity index (χ1n) is 8.42. The van der Waals surface area contributed by atoms with Gasteiger partial charge in [-0.3, -0.25) is 0 Å². The molecule has 0 heterocycles. The quantitative estimate of drug-likeness (QED) is 0.519. The molecule has 2 aromatic carbocycles. The van der Waals surface area contributed by atoms with Crippen molar-refractivity contribution in [3.05, 3.63) is 70.8 Å². The monoisotopic (exact) mass is 329 g/mol. The van der Waals surface area contributed by atoms with Gasteiger partial charge in [0.1, 0.15) is 18.2 Å². The van der Waals surface area contributed by atoms with E-state index >= 15 is 0 Å². The lowest BCUT2D eigenvalue weighted by atomic mass is 9.82. The highest BCUT2D eigenvalue weighted by Crippen LogP contribution is 2.33. The van der Waals surface area contributed by atoms with Crippen molar-refractivity contribution in [3.63, 3.8) is 0 Å². The highest BCUT2D eigenvalue weighted by atomic mass is 19.1. The van der Waals surface area contributed by atoms with Gasteiger partial charge in [-0.05, 0) is 48.1 Å². The van der Waals surface area contributed by atoms with E-state index in [2.05, 4.69) is 11.2 Å². The van der Waals surface area contributed by atoms with Gasteiger partial charge >= 0.3 is 0 Å². The molecule has 0 atom stereocenters. The summed E-state index contributed by atoms with van der Waals surface area (Å²) in [5.41, 5.74) is 2.48. The van der Waals surface area contributed by atoms with E-state index in [-0.39, 0.29) is 12.2 Å². The molecule has 0 aromatic heterocycles. The Kier molecular flexibility index (Phi) is 5.57. The number of hydrogen-bond acceptors (Lipinski definition) is 2. The van der Waals surface area contributed by atoms with E-state index in [0.29, 0.717) is 5.92 Å². The van der Waals surface area contributed by atoms with Crippen molar-refractivity contribution in [1.29, 1.82) is 0 Å². The normalized spacial score (nSPS) is 15.8. The summed E-state index contributed by atoms with van der Waals surface area (Å²) in [6.45, 7) is -0.0916. The average molecular weight is 329 g/mol. The molecule has 1 fully saturated rings. The van der Waals surface area contributed by atoms with Crippen molar-refractivity contribution in [3.8, 4) is 0 Å². The van der Waals surface area contributed by atoms with Crippen LogP contribution in [-0.4, -0.2) is 6.21 Å². The van der Waals surface area contributed by atoms with Crippen LogP contribution in [0.4, 0.5) is 8.78 Å². The lowest BCUT2D eigenvalue weighted by molar-refractivity contribution is 0.129. The van der Waals surface area contributed by atoms with Crippen LogP contribution in [0.2, 0.25) is 0 Å². The SMILES string of the molecule is Fc1ccc(F)c(CON=Cc2ccccc2C2CCCCC2)c1. The zero-order chi connectivity index (χ0) is 16.8. The Morgan fingerprint density at radius 3 is 2.67 bits per heavy atom. The highest BCUT2D eigenvalue weighted by Gasteiger charge is 2.17. The standard InChI is InChI=1S/C20H21F2NO/c21-18-10-11-20(22)17(12-18)14-24-23-13-16-8-4-5-9-19(16)15-6-2-1-3-7-15/h4-5,8-13,15H,1-3,6-7,14H2. The summed E-state index contributed by atoms with van der Waals surface area (Å²) in [7, 11) is 0. The fourth-order valence-corrected chi connectivity index (χ4v) is 3.27. The largest absolute Gasteiger partial charge is 0.391 e. The maximum absolute atomic E-state index is 13.5. The second kappa shape index (κ2) is 8.04. The molecule has 24 heavy (non-hydrogen) atoms. The maximum atomic E-state index is 13.5. The molecule has 2 aromatic rings. The maximum Gasteiger partial charge on any atom is 0.145 e. The van der Waals surface area contributed by atoms with Crippen LogP contribution in [0.1, 0.15) is 54.7 Å². The number of halogens is 2. The first-order valence-corrected chi connectivity index (χ1v) is 8.42. The number of nitrogens with zero attached hydrogens (tertiary/aromatic N) is 1. The Morgan fingerprint density at radius 1 is 1.04 bits per heavy atom. The molecule has 1 saturated carbocycles. The van der Waals surface area contributed by atoms with Gasteiger partial charge in [0.15, 0.2) is 0 Å². The first kappa shape index (κ1) is 16.6. The minimum Gasteiger partial charge on any atom is -0.391 e. The fraction of sp³-hybridized carbons (Fsp3) is 0.350. The van der Waals surface area contributed by atoms with Crippen LogP contribution in [0, 0.1) is 11.6 Å². The summed E-state index contributed by atoms with van der Waals surface area (Å²) >= 11 is 0. The lowest BCUT2D eigenvalue weighted by Gasteiger charge is -2.23. The summed E-state index contributed by atoms with van der Waals surface area (Å²) in [6, 6.07) is 11.5. The molecule has 2 nitrogen and oxygen atoms in total. The molecule has 0 N–H and O–H groups in total. The molecule has 0 spiro atoms. The highest BCUT2D eigenvalue weighted by molar-refractivity contribution is 5.81. The van der Waals surface area contributed by atoms with E-state index in [4.69, 9.17) is 4.84 Å². The Hall–Kier alpha value is -2.23. The molecule has 0 saturated heterocycles. The molecule has 1 aliphatic carbocycles. The second-order valence-corrected chi connectivity index (χ2v) is 6.21. The molecule has 0 bridgehead atoms. The molecule has 0 unspecified atom stereocenters. The van der Waals surface area contributed by atoms with Gasteiger partial charge in [0, 0.05) is 5.56 Å². The zero-order valence-electron chi connectivity index (χ0n) is 13.6. The molecule has 0 aliphatic heterocycles. The van der Waals surface area contributed by atoms with E-state index < -0.39 is 11.6 Å². The van der Waals surface area contributed by atoms with Crippen molar-refractivity contribution in [2.75, 3.05) is 0 Å². The number of rotatable bonds is 5. The second-order valence-electron chi connectivity index (χ2n) is 6.21. The van der Waals surface area contributed by atoms with Gasteiger partial charge in [-0.2, -0.15) is 0 Å². The molecule has 126 valence electrons. The molecular formula is C20H21F2NO. The molecule has 1 aliphatic rings. The van der Waals surface area contributed by atoms with Gasteiger partial charge in [-0.1, -0.05) is 48.7 Å². The molecule has 0 amide bonds. The van der Waals surface area contributed by atoms with Gasteiger partial charge in [0.2, 0.25) is 0 Å².